The number of aryl methyl sites for hydroxylation is 1. The number of rotatable bonds is 6. The van der Waals surface area contributed by atoms with E-state index in [0.717, 1.165) is 24.7 Å². The summed E-state index contributed by atoms with van der Waals surface area (Å²) in [5.74, 6) is 0.323. The summed E-state index contributed by atoms with van der Waals surface area (Å²) in [6.45, 7) is 3.58. The van der Waals surface area contributed by atoms with Gasteiger partial charge >= 0.3 is 0 Å². The van der Waals surface area contributed by atoms with Crippen LogP contribution in [-0.2, 0) is 16.0 Å². The number of carbonyl (C=O) groups excluding carboxylic acids is 2. The Hall–Kier alpha value is -1.70. The molecule has 0 aromatic heterocycles. The van der Waals surface area contributed by atoms with Crippen molar-refractivity contribution >= 4 is 18.1 Å². The number of Topliss-reactive ketones (excluding diaryl/α,β-unsaturated/α-hetero) is 1. The first kappa shape index (κ1) is 13.4. The molecule has 0 saturated carbocycles. The molecule has 0 saturated heterocycles. The fourth-order valence-electron chi connectivity index (χ4n) is 1.64. The fourth-order valence-corrected chi connectivity index (χ4v) is 1.64. The summed E-state index contributed by atoms with van der Waals surface area (Å²) in [4.78, 5) is 21.5. The highest BCUT2D eigenvalue weighted by molar-refractivity contribution is 5.78. The molecule has 0 aliphatic rings. The molecule has 0 aliphatic heterocycles. The van der Waals surface area contributed by atoms with Gasteiger partial charge in [0.25, 0.3) is 0 Å². The summed E-state index contributed by atoms with van der Waals surface area (Å²) in [5, 5.41) is 0. The number of hydrogen-bond acceptors (Lipinski definition) is 2. The van der Waals surface area contributed by atoms with Gasteiger partial charge in [-0.1, -0.05) is 37.3 Å². The lowest BCUT2D eigenvalue weighted by atomic mass is 9.95. The molecular formula is C15H18O2. The van der Waals surface area contributed by atoms with E-state index < -0.39 is 0 Å². The molecule has 2 nitrogen and oxygen atoms in total. The van der Waals surface area contributed by atoms with E-state index in [1.807, 2.05) is 31.2 Å². The number of allylic oxidation sites excluding steroid dienone is 1. The van der Waals surface area contributed by atoms with E-state index in [0.29, 0.717) is 0 Å². The standard InChI is InChI=1S/C15H18O2/c1-12(13(2)17)9-10-15-7-4-3-6-14(15)8-5-11-16/h3-8,11-12H,9-10H2,1-2H3/b8-5+. The van der Waals surface area contributed by atoms with Crippen LogP contribution in [0.3, 0.4) is 0 Å². The van der Waals surface area contributed by atoms with Gasteiger partial charge in [-0.15, -0.1) is 0 Å². The Bertz CT molecular complexity index is 419. The molecule has 0 bridgehead atoms. The highest BCUT2D eigenvalue weighted by atomic mass is 16.1. The maximum atomic E-state index is 11.2. The molecule has 1 aromatic carbocycles. The Morgan fingerprint density at radius 2 is 2.06 bits per heavy atom. The molecular weight excluding hydrogens is 212 g/mol. The van der Waals surface area contributed by atoms with Crippen molar-refractivity contribution in [1.82, 2.24) is 0 Å². The second-order valence-electron chi connectivity index (χ2n) is 4.24. The predicted octanol–water partition coefficient (Wildman–Crippen LogP) is 3.06. The van der Waals surface area contributed by atoms with Crippen LogP contribution in [0.1, 0.15) is 31.4 Å². The lowest BCUT2D eigenvalue weighted by Crippen LogP contribution is -2.07. The second-order valence-corrected chi connectivity index (χ2v) is 4.24. The maximum absolute atomic E-state index is 11.2. The predicted molar refractivity (Wildman–Crippen MR) is 69.7 cm³/mol. The van der Waals surface area contributed by atoms with Crippen LogP contribution < -0.4 is 0 Å². The Morgan fingerprint density at radius 3 is 2.71 bits per heavy atom. The van der Waals surface area contributed by atoms with Crippen molar-refractivity contribution < 1.29 is 9.59 Å². The molecule has 0 fully saturated rings. The first-order chi connectivity index (χ1) is 8.15. The highest BCUT2D eigenvalue weighted by Gasteiger charge is 2.08. The van der Waals surface area contributed by atoms with Crippen LogP contribution in [0.4, 0.5) is 0 Å². The number of benzene rings is 1. The quantitative estimate of drug-likeness (QED) is 0.556. The van der Waals surface area contributed by atoms with Crippen LogP contribution in [0.25, 0.3) is 6.08 Å². The minimum Gasteiger partial charge on any atom is -0.300 e. The van der Waals surface area contributed by atoms with Crippen LogP contribution in [0.5, 0.6) is 0 Å². The largest absolute Gasteiger partial charge is 0.300 e. The summed E-state index contributed by atoms with van der Waals surface area (Å²) >= 11 is 0. The van der Waals surface area contributed by atoms with E-state index in [9.17, 15) is 9.59 Å². The van der Waals surface area contributed by atoms with Crippen LogP contribution in [0, 0.1) is 5.92 Å². The van der Waals surface area contributed by atoms with Gasteiger partial charge in [-0.3, -0.25) is 9.59 Å². The zero-order valence-corrected chi connectivity index (χ0v) is 10.3. The average Bonchev–Trinajstić information content (AvgIpc) is 2.34. The Kier molecular flexibility index (Phi) is 5.34. The molecule has 90 valence electrons. The molecule has 1 aromatic rings. The number of ketones is 1. The third-order valence-electron chi connectivity index (χ3n) is 2.95. The Balaban J connectivity index is 2.73. The van der Waals surface area contributed by atoms with Gasteiger partial charge in [0.15, 0.2) is 0 Å². The van der Waals surface area contributed by atoms with Crippen molar-refractivity contribution in [3.8, 4) is 0 Å². The first-order valence-electron chi connectivity index (χ1n) is 5.85. The normalized spacial score (nSPS) is 12.6. The van der Waals surface area contributed by atoms with E-state index in [-0.39, 0.29) is 11.7 Å². The van der Waals surface area contributed by atoms with Crippen molar-refractivity contribution in [3.63, 3.8) is 0 Å². The molecule has 2 heteroatoms. The Morgan fingerprint density at radius 1 is 1.35 bits per heavy atom. The van der Waals surface area contributed by atoms with E-state index in [1.165, 1.54) is 11.6 Å². The molecule has 1 rings (SSSR count). The van der Waals surface area contributed by atoms with E-state index >= 15 is 0 Å². The summed E-state index contributed by atoms with van der Waals surface area (Å²) < 4.78 is 0. The average molecular weight is 230 g/mol. The molecule has 0 N–H and O–H groups in total. The third-order valence-corrected chi connectivity index (χ3v) is 2.95. The molecule has 0 spiro atoms. The van der Waals surface area contributed by atoms with Crippen molar-refractivity contribution in [2.24, 2.45) is 5.92 Å². The van der Waals surface area contributed by atoms with Crippen LogP contribution in [-0.4, -0.2) is 12.1 Å². The first-order valence-corrected chi connectivity index (χ1v) is 5.85. The molecule has 0 radical (unpaired) electrons. The summed E-state index contributed by atoms with van der Waals surface area (Å²) in [6, 6.07) is 7.94. The third kappa shape index (κ3) is 4.35. The maximum Gasteiger partial charge on any atom is 0.142 e. The zero-order valence-electron chi connectivity index (χ0n) is 10.3. The van der Waals surface area contributed by atoms with Gasteiger partial charge in [0, 0.05) is 5.92 Å². The monoisotopic (exact) mass is 230 g/mol. The SMILES string of the molecule is CC(=O)C(C)CCc1ccccc1/C=C/C=O. The molecule has 0 heterocycles. The highest BCUT2D eigenvalue weighted by Crippen LogP contribution is 2.16. The van der Waals surface area contributed by atoms with Crippen LogP contribution >= 0.6 is 0 Å². The zero-order chi connectivity index (χ0) is 12.7. The van der Waals surface area contributed by atoms with Gasteiger partial charge in [-0.05, 0) is 37.0 Å². The minimum atomic E-state index is 0.0955. The molecule has 0 amide bonds. The number of carbonyl (C=O) groups is 2. The lowest BCUT2D eigenvalue weighted by molar-refractivity contribution is -0.120. The molecule has 1 unspecified atom stereocenters. The van der Waals surface area contributed by atoms with E-state index in [1.54, 1.807) is 13.0 Å². The Labute approximate surface area is 102 Å². The molecule has 1 atom stereocenters. The van der Waals surface area contributed by atoms with Gasteiger partial charge in [0.2, 0.25) is 0 Å². The van der Waals surface area contributed by atoms with Gasteiger partial charge in [-0.25, -0.2) is 0 Å². The smallest absolute Gasteiger partial charge is 0.142 e. The van der Waals surface area contributed by atoms with Crippen molar-refractivity contribution in [1.29, 1.82) is 0 Å². The minimum absolute atomic E-state index is 0.0955. The summed E-state index contributed by atoms with van der Waals surface area (Å²) in [5.41, 5.74) is 2.23. The fraction of sp³-hybridized carbons (Fsp3) is 0.333. The van der Waals surface area contributed by atoms with Gasteiger partial charge < -0.3 is 0 Å². The van der Waals surface area contributed by atoms with Gasteiger partial charge in [-0.2, -0.15) is 0 Å². The van der Waals surface area contributed by atoms with Crippen LogP contribution in [0.2, 0.25) is 0 Å². The van der Waals surface area contributed by atoms with Gasteiger partial charge in [0.05, 0.1) is 0 Å². The van der Waals surface area contributed by atoms with Crippen molar-refractivity contribution in [2.75, 3.05) is 0 Å². The van der Waals surface area contributed by atoms with Gasteiger partial charge in [0.1, 0.15) is 12.1 Å². The number of hydrogen-bond donors (Lipinski definition) is 0. The lowest BCUT2D eigenvalue weighted by Gasteiger charge is -2.09. The second kappa shape index (κ2) is 6.79. The summed E-state index contributed by atoms with van der Waals surface area (Å²) in [6.07, 6.45) is 5.78. The molecule has 17 heavy (non-hydrogen) atoms. The van der Waals surface area contributed by atoms with Crippen LogP contribution in [0.15, 0.2) is 30.3 Å². The molecule has 0 aliphatic carbocycles. The number of aldehydes is 1. The summed E-state index contributed by atoms with van der Waals surface area (Å²) in [7, 11) is 0. The van der Waals surface area contributed by atoms with E-state index in [2.05, 4.69) is 0 Å². The van der Waals surface area contributed by atoms with Crippen molar-refractivity contribution in [3.05, 3.63) is 41.5 Å². The van der Waals surface area contributed by atoms with E-state index in [4.69, 9.17) is 0 Å². The van der Waals surface area contributed by atoms with Crippen molar-refractivity contribution in [2.45, 2.75) is 26.7 Å². The topological polar surface area (TPSA) is 34.1 Å².